The molecule has 5 heteroatoms. The van der Waals surface area contributed by atoms with Gasteiger partial charge in [0.1, 0.15) is 5.75 Å². The molecule has 0 aliphatic carbocycles. The minimum atomic E-state index is -0.217. The van der Waals surface area contributed by atoms with E-state index in [4.69, 9.17) is 4.74 Å². The Kier molecular flexibility index (Phi) is 7.82. The quantitative estimate of drug-likeness (QED) is 0.481. The number of ether oxygens (including phenoxy) is 1. The van der Waals surface area contributed by atoms with Gasteiger partial charge in [-0.1, -0.05) is 50.2 Å². The molecule has 0 bridgehead atoms. The fraction of sp³-hybridized carbons (Fsp3) is 0.231. The Bertz CT molecular complexity index is 999. The summed E-state index contributed by atoms with van der Waals surface area (Å²) < 4.78 is 5.81. The van der Waals surface area contributed by atoms with Crippen LogP contribution in [0.2, 0.25) is 0 Å². The van der Waals surface area contributed by atoms with Gasteiger partial charge in [0.15, 0.2) is 0 Å². The van der Waals surface area contributed by atoms with E-state index in [1.54, 1.807) is 42.5 Å². The molecule has 0 saturated carbocycles. The van der Waals surface area contributed by atoms with Crippen molar-refractivity contribution in [3.05, 3.63) is 90.0 Å². The zero-order chi connectivity index (χ0) is 22.1. The van der Waals surface area contributed by atoms with Gasteiger partial charge in [-0.3, -0.25) is 9.59 Å². The molecule has 2 N–H and O–H groups in total. The van der Waals surface area contributed by atoms with Crippen molar-refractivity contribution >= 4 is 23.2 Å². The Hall–Kier alpha value is -3.60. The molecule has 2 amide bonds. The molecule has 0 heterocycles. The predicted octanol–water partition coefficient (Wildman–Crippen LogP) is 5.55. The van der Waals surface area contributed by atoms with E-state index in [0.29, 0.717) is 41.6 Å². The van der Waals surface area contributed by atoms with Crippen molar-refractivity contribution in [2.24, 2.45) is 5.92 Å². The van der Waals surface area contributed by atoms with Crippen LogP contribution in [0.15, 0.2) is 78.9 Å². The maximum atomic E-state index is 12.6. The van der Waals surface area contributed by atoms with Gasteiger partial charge in [-0.2, -0.15) is 0 Å². The van der Waals surface area contributed by atoms with E-state index in [9.17, 15) is 9.59 Å². The van der Waals surface area contributed by atoms with Crippen molar-refractivity contribution in [3.63, 3.8) is 0 Å². The minimum Gasteiger partial charge on any atom is -0.493 e. The smallest absolute Gasteiger partial charge is 0.255 e. The Morgan fingerprint density at radius 1 is 0.839 bits per heavy atom. The summed E-state index contributed by atoms with van der Waals surface area (Å²) in [5, 5.41) is 5.73. The number of nitrogens with one attached hydrogen (secondary N) is 2. The van der Waals surface area contributed by atoms with Crippen LogP contribution < -0.4 is 15.4 Å². The maximum Gasteiger partial charge on any atom is 0.255 e. The molecule has 0 radical (unpaired) electrons. The molecule has 0 aliphatic heterocycles. The summed E-state index contributed by atoms with van der Waals surface area (Å²) in [6.45, 7) is 4.54. The molecule has 5 nitrogen and oxygen atoms in total. The molecule has 3 rings (SSSR count). The van der Waals surface area contributed by atoms with Crippen molar-refractivity contribution in [2.75, 3.05) is 17.2 Å². The maximum absolute atomic E-state index is 12.6. The van der Waals surface area contributed by atoms with E-state index in [1.165, 1.54) is 5.56 Å². The molecular weight excluding hydrogens is 388 g/mol. The third-order valence-electron chi connectivity index (χ3n) is 4.62. The van der Waals surface area contributed by atoms with Gasteiger partial charge < -0.3 is 15.4 Å². The van der Waals surface area contributed by atoms with Gasteiger partial charge in [0.2, 0.25) is 5.91 Å². The zero-order valence-electron chi connectivity index (χ0n) is 17.9. The van der Waals surface area contributed by atoms with Gasteiger partial charge in [0.25, 0.3) is 5.91 Å². The van der Waals surface area contributed by atoms with E-state index < -0.39 is 0 Å². The molecule has 0 atom stereocenters. The van der Waals surface area contributed by atoms with Crippen LogP contribution in [0.5, 0.6) is 5.75 Å². The fourth-order valence-electron chi connectivity index (χ4n) is 3.08. The molecule has 160 valence electrons. The van der Waals surface area contributed by atoms with E-state index in [0.717, 1.165) is 6.42 Å². The summed E-state index contributed by atoms with van der Waals surface area (Å²) in [7, 11) is 0. The van der Waals surface area contributed by atoms with Gasteiger partial charge in [-0.25, -0.2) is 0 Å². The van der Waals surface area contributed by atoms with Crippen molar-refractivity contribution in [3.8, 4) is 5.75 Å². The second-order valence-electron chi connectivity index (χ2n) is 7.79. The van der Waals surface area contributed by atoms with E-state index in [2.05, 4.69) is 22.8 Å². The number of rotatable bonds is 9. The summed E-state index contributed by atoms with van der Waals surface area (Å²) in [5.41, 5.74) is 3.09. The Labute approximate surface area is 183 Å². The number of anilines is 2. The monoisotopic (exact) mass is 416 g/mol. The molecule has 3 aromatic carbocycles. The summed E-state index contributed by atoms with van der Waals surface area (Å²) in [6.07, 6.45) is 1.28. The first-order valence-electron chi connectivity index (χ1n) is 10.5. The van der Waals surface area contributed by atoms with Gasteiger partial charge in [0.05, 0.1) is 6.61 Å². The molecule has 0 aliphatic rings. The standard InChI is InChI=1S/C26H28N2O3/c1-19(2)17-25(29)27-22-11-13-23(14-12-22)28-26(30)21-9-6-10-24(18-21)31-16-15-20-7-4-3-5-8-20/h3-14,18-19H,15-17H2,1-2H3,(H,27,29)(H,28,30). The number of amides is 2. The van der Waals surface area contributed by atoms with Gasteiger partial charge >= 0.3 is 0 Å². The molecule has 0 aromatic heterocycles. The van der Waals surface area contributed by atoms with Crippen LogP contribution in [0.3, 0.4) is 0 Å². The molecule has 0 saturated heterocycles. The van der Waals surface area contributed by atoms with Gasteiger partial charge in [0, 0.05) is 29.8 Å². The minimum absolute atomic E-state index is 0.0177. The Morgan fingerprint density at radius 3 is 2.19 bits per heavy atom. The second-order valence-corrected chi connectivity index (χ2v) is 7.79. The summed E-state index contributed by atoms with van der Waals surface area (Å²) in [5.74, 6) is 0.726. The highest BCUT2D eigenvalue weighted by atomic mass is 16.5. The lowest BCUT2D eigenvalue weighted by Gasteiger charge is -2.10. The van der Waals surface area contributed by atoms with E-state index in [-0.39, 0.29) is 11.8 Å². The highest BCUT2D eigenvalue weighted by Gasteiger charge is 2.09. The summed E-state index contributed by atoms with van der Waals surface area (Å²) in [6, 6.07) is 24.3. The summed E-state index contributed by atoms with van der Waals surface area (Å²) >= 11 is 0. The average Bonchev–Trinajstić information content (AvgIpc) is 2.75. The molecular formula is C26H28N2O3. The molecule has 31 heavy (non-hydrogen) atoms. The number of benzene rings is 3. The van der Waals surface area contributed by atoms with Gasteiger partial charge in [-0.05, 0) is 53.9 Å². The largest absolute Gasteiger partial charge is 0.493 e. The van der Waals surface area contributed by atoms with Crippen LogP contribution >= 0.6 is 0 Å². The van der Waals surface area contributed by atoms with Crippen LogP contribution in [0.25, 0.3) is 0 Å². The lowest BCUT2D eigenvalue weighted by molar-refractivity contribution is -0.116. The molecule has 3 aromatic rings. The van der Waals surface area contributed by atoms with Crippen LogP contribution in [0.1, 0.15) is 36.2 Å². The fourth-order valence-corrected chi connectivity index (χ4v) is 3.08. The molecule has 0 unspecified atom stereocenters. The highest BCUT2D eigenvalue weighted by Crippen LogP contribution is 2.18. The van der Waals surface area contributed by atoms with Crippen LogP contribution in [0.4, 0.5) is 11.4 Å². The normalized spacial score (nSPS) is 10.5. The lowest BCUT2D eigenvalue weighted by atomic mass is 10.1. The van der Waals surface area contributed by atoms with E-state index >= 15 is 0 Å². The van der Waals surface area contributed by atoms with Crippen molar-refractivity contribution in [1.82, 2.24) is 0 Å². The number of hydrogen-bond acceptors (Lipinski definition) is 3. The van der Waals surface area contributed by atoms with E-state index in [1.807, 2.05) is 38.1 Å². The highest BCUT2D eigenvalue weighted by molar-refractivity contribution is 6.04. The lowest BCUT2D eigenvalue weighted by Crippen LogP contribution is -2.14. The van der Waals surface area contributed by atoms with Crippen molar-refractivity contribution in [2.45, 2.75) is 26.7 Å². The first kappa shape index (κ1) is 22.1. The van der Waals surface area contributed by atoms with Gasteiger partial charge in [-0.15, -0.1) is 0 Å². The molecule has 0 fully saturated rings. The third kappa shape index (κ3) is 7.30. The first-order valence-corrected chi connectivity index (χ1v) is 10.5. The Morgan fingerprint density at radius 2 is 1.52 bits per heavy atom. The number of carbonyl (C=O) groups is 2. The van der Waals surface area contributed by atoms with Crippen molar-refractivity contribution in [1.29, 1.82) is 0 Å². The Balaban J connectivity index is 1.53. The summed E-state index contributed by atoms with van der Waals surface area (Å²) in [4.78, 5) is 24.5. The van der Waals surface area contributed by atoms with Crippen LogP contribution in [-0.4, -0.2) is 18.4 Å². The SMILES string of the molecule is CC(C)CC(=O)Nc1ccc(NC(=O)c2cccc(OCCc3ccccc3)c2)cc1. The number of hydrogen-bond donors (Lipinski definition) is 2. The number of carbonyl (C=O) groups excluding carboxylic acids is 2. The van der Waals surface area contributed by atoms with Crippen molar-refractivity contribution < 1.29 is 14.3 Å². The van der Waals surface area contributed by atoms with Crippen LogP contribution in [-0.2, 0) is 11.2 Å². The van der Waals surface area contributed by atoms with Crippen LogP contribution in [0, 0.1) is 5.92 Å². The molecule has 0 spiro atoms. The average molecular weight is 417 g/mol. The predicted molar refractivity (Wildman–Crippen MR) is 125 cm³/mol. The first-order chi connectivity index (χ1) is 15.0. The zero-order valence-corrected chi connectivity index (χ0v) is 17.9. The second kappa shape index (κ2) is 11.0. The topological polar surface area (TPSA) is 67.4 Å². The third-order valence-corrected chi connectivity index (χ3v) is 4.62.